The van der Waals surface area contributed by atoms with Crippen LogP contribution in [0.4, 0.5) is 0 Å². The van der Waals surface area contributed by atoms with Crippen molar-refractivity contribution in [2.75, 3.05) is 0 Å². The molecule has 5 aromatic carbocycles. The summed E-state index contributed by atoms with van der Waals surface area (Å²) in [5.74, 6) is 3.94. The second-order valence-electron chi connectivity index (χ2n) is 7.37. The highest BCUT2D eigenvalue weighted by Gasteiger charge is 2.24. The van der Waals surface area contributed by atoms with Gasteiger partial charge in [0.2, 0.25) is 0 Å². The van der Waals surface area contributed by atoms with Crippen LogP contribution in [0.25, 0.3) is 43.8 Å². The third-order valence-electron chi connectivity index (χ3n) is 5.75. The highest BCUT2D eigenvalue weighted by Crippen LogP contribution is 2.52. The van der Waals surface area contributed by atoms with Gasteiger partial charge in [-0.3, -0.25) is 0 Å². The Balaban J connectivity index is 1.66. The monoisotopic (exact) mass is 358 g/mol. The van der Waals surface area contributed by atoms with Gasteiger partial charge in [0, 0.05) is 0 Å². The standard InChI is InChI=1S/C26H14O2/c1-2-6-18-17(5-1)25(15-9-11-21-23(13-15)27-21)19-7-3-4-8-20(19)26(18)16-10-12-22-24(14-16)28-22/h1-14H. The van der Waals surface area contributed by atoms with Gasteiger partial charge in [-0.05, 0) is 68.1 Å². The molecule has 0 saturated heterocycles. The fourth-order valence-electron chi connectivity index (χ4n) is 4.39. The smallest absolute Gasteiger partial charge is 0.170 e. The van der Waals surface area contributed by atoms with Crippen LogP contribution < -0.4 is 9.47 Å². The largest absolute Gasteiger partial charge is 0.449 e. The van der Waals surface area contributed by atoms with Crippen molar-refractivity contribution in [1.82, 2.24) is 0 Å². The van der Waals surface area contributed by atoms with Crippen LogP contribution in [0.1, 0.15) is 0 Å². The number of fused-ring (bicyclic) bond motifs is 4. The summed E-state index contributed by atoms with van der Waals surface area (Å²) in [4.78, 5) is 0. The van der Waals surface area contributed by atoms with Gasteiger partial charge in [-0.1, -0.05) is 60.7 Å². The lowest BCUT2D eigenvalue weighted by Gasteiger charge is -2.17. The molecule has 0 bridgehead atoms. The third kappa shape index (κ3) is 1.92. The Hall–Kier alpha value is -3.78. The van der Waals surface area contributed by atoms with Gasteiger partial charge in [-0.15, -0.1) is 0 Å². The highest BCUT2D eigenvalue weighted by molar-refractivity contribution is 6.21. The summed E-state index contributed by atoms with van der Waals surface area (Å²) < 4.78 is 11.0. The fourth-order valence-corrected chi connectivity index (χ4v) is 4.39. The molecule has 2 aliphatic rings. The maximum absolute atomic E-state index is 5.52. The van der Waals surface area contributed by atoms with E-state index in [1.807, 2.05) is 0 Å². The summed E-state index contributed by atoms with van der Waals surface area (Å²) in [5.41, 5.74) is 4.91. The Bertz CT molecular complexity index is 1290. The maximum atomic E-state index is 5.52. The summed E-state index contributed by atoms with van der Waals surface area (Å²) in [6.07, 6.45) is 0. The van der Waals surface area contributed by atoms with Crippen molar-refractivity contribution in [3.8, 4) is 45.3 Å². The van der Waals surface area contributed by atoms with E-state index < -0.39 is 0 Å². The summed E-state index contributed by atoms with van der Waals surface area (Å²) in [5, 5.41) is 5.01. The van der Waals surface area contributed by atoms with Crippen LogP contribution in [0.15, 0.2) is 84.9 Å². The minimum Gasteiger partial charge on any atom is -0.449 e. The average molecular weight is 358 g/mol. The minimum atomic E-state index is 0.984. The zero-order valence-corrected chi connectivity index (χ0v) is 14.9. The molecular formula is C26H14O2. The summed E-state index contributed by atoms with van der Waals surface area (Å²) >= 11 is 0. The van der Waals surface area contributed by atoms with Crippen molar-refractivity contribution < 1.29 is 9.47 Å². The van der Waals surface area contributed by atoms with Crippen LogP contribution in [0.3, 0.4) is 0 Å². The first-order chi connectivity index (χ1) is 13.9. The Labute approximate surface area is 161 Å². The molecule has 0 aliphatic carbocycles. The minimum absolute atomic E-state index is 0.984. The molecule has 0 unspecified atom stereocenters. The normalized spacial score (nSPS) is 12.9. The van der Waals surface area contributed by atoms with E-state index in [1.165, 1.54) is 43.8 Å². The molecule has 130 valence electrons. The van der Waals surface area contributed by atoms with Crippen molar-refractivity contribution in [3.05, 3.63) is 84.9 Å². The number of hydrogen-bond acceptors (Lipinski definition) is 2. The third-order valence-corrected chi connectivity index (χ3v) is 5.75. The van der Waals surface area contributed by atoms with Crippen LogP contribution in [-0.2, 0) is 0 Å². The molecule has 5 aromatic rings. The number of hydrogen-bond donors (Lipinski definition) is 0. The topological polar surface area (TPSA) is 25.1 Å². The molecule has 2 nitrogen and oxygen atoms in total. The van der Waals surface area contributed by atoms with Crippen LogP contribution in [0, 0.1) is 0 Å². The molecule has 0 radical (unpaired) electrons. The van der Waals surface area contributed by atoms with E-state index >= 15 is 0 Å². The van der Waals surface area contributed by atoms with Gasteiger partial charge < -0.3 is 9.47 Å². The van der Waals surface area contributed by atoms with Crippen molar-refractivity contribution in [1.29, 1.82) is 0 Å². The average Bonchev–Trinajstić information content (AvgIpc) is 3.65. The van der Waals surface area contributed by atoms with Crippen LogP contribution in [0.2, 0.25) is 0 Å². The first-order valence-corrected chi connectivity index (χ1v) is 9.45. The van der Waals surface area contributed by atoms with Crippen LogP contribution >= 0.6 is 0 Å². The van der Waals surface area contributed by atoms with Crippen molar-refractivity contribution >= 4 is 21.5 Å². The van der Waals surface area contributed by atoms with Gasteiger partial charge in [-0.25, -0.2) is 0 Å². The van der Waals surface area contributed by atoms with E-state index in [9.17, 15) is 0 Å². The second-order valence-corrected chi connectivity index (χ2v) is 7.37. The molecule has 2 heteroatoms. The molecule has 0 aromatic heterocycles. The van der Waals surface area contributed by atoms with Gasteiger partial charge in [0.15, 0.2) is 23.0 Å². The van der Waals surface area contributed by atoms with Gasteiger partial charge in [0.25, 0.3) is 0 Å². The lowest BCUT2D eigenvalue weighted by atomic mass is 9.86. The molecule has 28 heavy (non-hydrogen) atoms. The lowest BCUT2D eigenvalue weighted by molar-refractivity contribution is 0.649. The lowest BCUT2D eigenvalue weighted by Crippen LogP contribution is -1.89. The van der Waals surface area contributed by atoms with E-state index in [4.69, 9.17) is 9.47 Å². The fraction of sp³-hybridized carbons (Fsp3) is 0. The molecule has 2 aliphatic heterocycles. The summed E-state index contributed by atoms with van der Waals surface area (Å²) in [6, 6.07) is 30.1. The second kappa shape index (κ2) is 4.93. The molecule has 7 rings (SSSR count). The molecule has 0 N–H and O–H groups in total. The van der Waals surface area contributed by atoms with Crippen molar-refractivity contribution in [2.24, 2.45) is 0 Å². The Morgan fingerprint density at radius 3 is 1.14 bits per heavy atom. The Morgan fingerprint density at radius 1 is 0.393 bits per heavy atom. The highest BCUT2D eigenvalue weighted by atomic mass is 16.6. The molecule has 0 saturated carbocycles. The first-order valence-electron chi connectivity index (χ1n) is 9.45. The van der Waals surface area contributed by atoms with Crippen LogP contribution in [-0.4, -0.2) is 0 Å². The van der Waals surface area contributed by atoms with Gasteiger partial charge in [-0.2, -0.15) is 0 Å². The van der Waals surface area contributed by atoms with Gasteiger partial charge >= 0.3 is 0 Å². The van der Waals surface area contributed by atoms with Gasteiger partial charge in [0.05, 0.1) is 0 Å². The van der Waals surface area contributed by atoms with E-state index in [0.717, 1.165) is 23.0 Å². The SMILES string of the molecule is c1ccc2c(-c3ccc4c(c3)O4)c3ccccc3c(-c3ccc4c(c3)O4)c2c1. The Kier molecular flexibility index (Phi) is 2.52. The van der Waals surface area contributed by atoms with Crippen LogP contribution in [0.5, 0.6) is 23.0 Å². The van der Waals surface area contributed by atoms with Crippen molar-refractivity contribution in [3.63, 3.8) is 0 Å². The molecule has 0 amide bonds. The summed E-state index contributed by atoms with van der Waals surface area (Å²) in [7, 11) is 0. The number of rotatable bonds is 2. The maximum Gasteiger partial charge on any atom is 0.170 e. The predicted molar refractivity (Wildman–Crippen MR) is 112 cm³/mol. The quantitative estimate of drug-likeness (QED) is 0.235. The predicted octanol–water partition coefficient (Wildman–Crippen LogP) is 7.54. The zero-order chi connectivity index (χ0) is 18.2. The molecule has 0 atom stereocenters. The first kappa shape index (κ1) is 14.3. The number of benzene rings is 5. The molecular weight excluding hydrogens is 344 g/mol. The zero-order valence-electron chi connectivity index (χ0n) is 14.9. The number of ether oxygens (including phenoxy) is 2. The summed E-state index contributed by atoms with van der Waals surface area (Å²) in [6.45, 7) is 0. The van der Waals surface area contributed by atoms with E-state index in [1.54, 1.807) is 0 Å². The van der Waals surface area contributed by atoms with Crippen molar-refractivity contribution in [2.45, 2.75) is 0 Å². The van der Waals surface area contributed by atoms with E-state index in [-0.39, 0.29) is 0 Å². The van der Waals surface area contributed by atoms with E-state index in [2.05, 4.69) is 84.9 Å². The molecule has 0 spiro atoms. The van der Waals surface area contributed by atoms with E-state index in [0.29, 0.717) is 0 Å². The molecule has 2 heterocycles. The molecule has 0 fully saturated rings. The Morgan fingerprint density at radius 2 is 0.786 bits per heavy atom. The van der Waals surface area contributed by atoms with Gasteiger partial charge in [0.1, 0.15) is 0 Å².